The highest BCUT2D eigenvalue weighted by Crippen LogP contribution is 2.32. The zero-order valence-corrected chi connectivity index (χ0v) is 17.2. The van der Waals surface area contributed by atoms with E-state index in [9.17, 15) is 4.79 Å². The first-order valence-electron chi connectivity index (χ1n) is 10.7. The van der Waals surface area contributed by atoms with Crippen molar-refractivity contribution in [2.24, 2.45) is 0 Å². The van der Waals surface area contributed by atoms with Crippen LogP contribution in [0.25, 0.3) is 0 Å². The first-order chi connectivity index (χ1) is 13.6. The Bertz CT molecular complexity index is 800. The number of rotatable bonds is 4. The summed E-state index contributed by atoms with van der Waals surface area (Å²) in [5.41, 5.74) is 4.59. The molecule has 5 heteroatoms. The van der Waals surface area contributed by atoms with Gasteiger partial charge in [-0.25, -0.2) is 0 Å². The number of carbonyl (C=O) groups is 1. The molecule has 4 rings (SSSR count). The average Bonchev–Trinajstić information content (AvgIpc) is 3.03. The van der Waals surface area contributed by atoms with Crippen LogP contribution in [0.1, 0.15) is 65.5 Å². The smallest absolute Gasteiger partial charge is 0.255 e. The van der Waals surface area contributed by atoms with E-state index in [0.29, 0.717) is 6.04 Å². The molecule has 0 bridgehead atoms. The van der Waals surface area contributed by atoms with Gasteiger partial charge in [0.15, 0.2) is 0 Å². The lowest BCUT2D eigenvalue weighted by atomic mass is 9.95. The fraction of sp³-hybridized carbons (Fsp3) is 0.565. The molecular formula is C23H32N4O. The number of aryl methyl sites for hydroxylation is 1. The minimum absolute atomic E-state index is 0.207. The Morgan fingerprint density at radius 2 is 1.71 bits per heavy atom. The van der Waals surface area contributed by atoms with Gasteiger partial charge in [-0.2, -0.15) is 0 Å². The van der Waals surface area contributed by atoms with Crippen molar-refractivity contribution in [3.8, 4) is 0 Å². The van der Waals surface area contributed by atoms with E-state index in [1.165, 1.54) is 43.4 Å². The zero-order valence-electron chi connectivity index (χ0n) is 17.2. The van der Waals surface area contributed by atoms with E-state index in [2.05, 4.69) is 46.5 Å². The van der Waals surface area contributed by atoms with Gasteiger partial charge in [0.1, 0.15) is 0 Å². The van der Waals surface area contributed by atoms with Gasteiger partial charge in [-0.05, 0) is 50.5 Å². The SMILES string of the molecule is Cc1cc(C(=O)N2CCN(Cc3ccncc3)CC2)c(C)n1C1CCCCC1. The van der Waals surface area contributed by atoms with Gasteiger partial charge in [0.25, 0.3) is 5.91 Å². The molecule has 0 unspecified atom stereocenters. The number of carbonyl (C=O) groups excluding carboxylic acids is 1. The molecule has 2 aromatic rings. The predicted octanol–water partition coefficient (Wildman–Crippen LogP) is 3.96. The summed E-state index contributed by atoms with van der Waals surface area (Å²) in [5.74, 6) is 0.207. The second kappa shape index (κ2) is 8.48. The first kappa shape index (κ1) is 19.2. The molecule has 0 N–H and O–H groups in total. The Kier molecular flexibility index (Phi) is 5.81. The van der Waals surface area contributed by atoms with Gasteiger partial charge >= 0.3 is 0 Å². The topological polar surface area (TPSA) is 41.4 Å². The van der Waals surface area contributed by atoms with Crippen LogP contribution in [0.3, 0.4) is 0 Å². The molecule has 0 spiro atoms. The molecule has 3 heterocycles. The molecule has 28 heavy (non-hydrogen) atoms. The maximum absolute atomic E-state index is 13.2. The van der Waals surface area contributed by atoms with Gasteiger partial charge in [-0.15, -0.1) is 0 Å². The number of hydrogen-bond acceptors (Lipinski definition) is 3. The van der Waals surface area contributed by atoms with Gasteiger partial charge in [-0.3, -0.25) is 14.7 Å². The quantitative estimate of drug-likeness (QED) is 0.806. The Morgan fingerprint density at radius 1 is 1.04 bits per heavy atom. The maximum Gasteiger partial charge on any atom is 0.255 e. The summed E-state index contributed by atoms with van der Waals surface area (Å²) >= 11 is 0. The monoisotopic (exact) mass is 380 g/mol. The third-order valence-electron chi connectivity index (χ3n) is 6.47. The lowest BCUT2D eigenvalue weighted by Crippen LogP contribution is -2.48. The number of pyridine rings is 1. The summed E-state index contributed by atoms with van der Waals surface area (Å²) < 4.78 is 2.44. The number of piperazine rings is 1. The lowest BCUT2D eigenvalue weighted by molar-refractivity contribution is 0.0627. The van der Waals surface area contributed by atoms with Crippen LogP contribution in [0.15, 0.2) is 30.6 Å². The molecule has 0 radical (unpaired) electrons. The normalized spacial score (nSPS) is 19.1. The summed E-state index contributed by atoms with van der Waals surface area (Å²) in [6, 6.07) is 6.83. The fourth-order valence-corrected chi connectivity index (χ4v) is 4.92. The number of amides is 1. The maximum atomic E-state index is 13.2. The van der Waals surface area contributed by atoms with Crippen molar-refractivity contribution < 1.29 is 4.79 Å². The number of aromatic nitrogens is 2. The van der Waals surface area contributed by atoms with Crippen LogP contribution in [0.4, 0.5) is 0 Å². The van der Waals surface area contributed by atoms with Gasteiger partial charge in [0.05, 0.1) is 5.56 Å². The molecule has 150 valence electrons. The van der Waals surface area contributed by atoms with Crippen molar-refractivity contribution >= 4 is 5.91 Å². The summed E-state index contributed by atoms with van der Waals surface area (Å²) in [6.45, 7) is 8.68. The van der Waals surface area contributed by atoms with Crippen molar-refractivity contribution in [2.75, 3.05) is 26.2 Å². The van der Waals surface area contributed by atoms with Crippen LogP contribution >= 0.6 is 0 Å². The van der Waals surface area contributed by atoms with E-state index in [1.807, 2.05) is 17.3 Å². The van der Waals surface area contributed by atoms with Crippen LogP contribution in [0.5, 0.6) is 0 Å². The van der Waals surface area contributed by atoms with Crippen molar-refractivity contribution in [3.05, 3.63) is 53.1 Å². The van der Waals surface area contributed by atoms with Gasteiger partial charge in [0, 0.05) is 62.5 Å². The molecule has 1 aliphatic heterocycles. The molecule has 0 aromatic carbocycles. The Hall–Kier alpha value is -2.14. The van der Waals surface area contributed by atoms with Gasteiger partial charge in [0.2, 0.25) is 0 Å². The van der Waals surface area contributed by atoms with E-state index in [0.717, 1.165) is 44.0 Å². The molecule has 1 saturated carbocycles. The minimum atomic E-state index is 0.207. The molecule has 2 fully saturated rings. The molecule has 5 nitrogen and oxygen atoms in total. The Labute approximate surface area is 168 Å². The van der Waals surface area contributed by atoms with Crippen LogP contribution in [0, 0.1) is 13.8 Å². The first-order valence-corrected chi connectivity index (χ1v) is 10.7. The molecule has 1 saturated heterocycles. The lowest BCUT2D eigenvalue weighted by Gasteiger charge is -2.35. The Balaban J connectivity index is 1.40. The number of hydrogen-bond donors (Lipinski definition) is 0. The van der Waals surface area contributed by atoms with Crippen molar-refractivity contribution in [2.45, 2.75) is 58.5 Å². The number of nitrogens with zero attached hydrogens (tertiary/aromatic N) is 4. The van der Waals surface area contributed by atoms with E-state index in [4.69, 9.17) is 0 Å². The van der Waals surface area contributed by atoms with Crippen molar-refractivity contribution in [3.63, 3.8) is 0 Å². The summed E-state index contributed by atoms with van der Waals surface area (Å²) in [5, 5.41) is 0. The average molecular weight is 381 g/mol. The predicted molar refractivity (Wildman–Crippen MR) is 111 cm³/mol. The highest BCUT2D eigenvalue weighted by atomic mass is 16.2. The van der Waals surface area contributed by atoms with Crippen LogP contribution in [-0.2, 0) is 6.54 Å². The highest BCUT2D eigenvalue weighted by Gasteiger charge is 2.27. The largest absolute Gasteiger partial charge is 0.345 e. The zero-order chi connectivity index (χ0) is 19.5. The van der Waals surface area contributed by atoms with E-state index in [-0.39, 0.29) is 5.91 Å². The van der Waals surface area contributed by atoms with E-state index in [1.54, 1.807) is 0 Å². The van der Waals surface area contributed by atoms with Crippen molar-refractivity contribution in [1.29, 1.82) is 0 Å². The molecule has 1 amide bonds. The Morgan fingerprint density at radius 3 is 2.39 bits per heavy atom. The molecule has 1 aliphatic carbocycles. The minimum Gasteiger partial charge on any atom is -0.345 e. The van der Waals surface area contributed by atoms with Crippen LogP contribution in [-0.4, -0.2) is 51.4 Å². The molecule has 0 atom stereocenters. The van der Waals surface area contributed by atoms with E-state index < -0.39 is 0 Å². The van der Waals surface area contributed by atoms with Gasteiger partial charge < -0.3 is 9.47 Å². The third kappa shape index (κ3) is 4.00. The summed E-state index contributed by atoms with van der Waals surface area (Å²) in [7, 11) is 0. The molecular weight excluding hydrogens is 348 g/mol. The third-order valence-corrected chi connectivity index (χ3v) is 6.47. The second-order valence-electron chi connectivity index (χ2n) is 8.37. The fourth-order valence-electron chi connectivity index (χ4n) is 4.92. The van der Waals surface area contributed by atoms with E-state index >= 15 is 0 Å². The van der Waals surface area contributed by atoms with Crippen molar-refractivity contribution in [1.82, 2.24) is 19.4 Å². The van der Waals surface area contributed by atoms with Crippen LogP contribution in [0.2, 0.25) is 0 Å². The molecule has 2 aliphatic rings. The summed E-state index contributed by atoms with van der Waals surface area (Å²) in [6.07, 6.45) is 10.2. The standard InChI is InChI=1S/C23H32N4O/c1-18-16-22(19(2)27(18)21-6-4-3-5-7-21)23(28)26-14-12-25(13-15-26)17-20-8-10-24-11-9-20/h8-11,16,21H,3-7,12-15,17H2,1-2H3. The molecule has 2 aromatic heterocycles. The summed E-state index contributed by atoms with van der Waals surface area (Å²) in [4.78, 5) is 21.8. The van der Waals surface area contributed by atoms with Crippen LogP contribution < -0.4 is 0 Å². The second-order valence-corrected chi connectivity index (χ2v) is 8.37. The van der Waals surface area contributed by atoms with Gasteiger partial charge in [-0.1, -0.05) is 19.3 Å². The highest BCUT2D eigenvalue weighted by molar-refractivity contribution is 5.95.